The number of hydrogen-bond acceptors (Lipinski definition) is 5. The summed E-state index contributed by atoms with van der Waals surface area (Å²) >= 11 is 6.20. The number of benzene rings is 1. The zero-order valence-electron chi connectivity index (χ0n) is 16.7. The van der Waals surface area contributed by atoms with Crippen molar-refractivity contribution in [2.45, 2.75) is 32.1 Å². The Morgan fingerprint density at radius 3 is 2.66 bits per heavy atom. The lowest BCUT2D eigenvalue weighted by Crippen LogP contribution is -2.44. The molecule has 0 saturated carbocycles. The average Bonchev–Trinajstić information content (AvgIpc) is 2.72. The number of aryl methyl sites for hydroxylation is 1. The van der Waals surface area contributed by atoms with Crippen molar-refractivity contribution in [2.75, 3.05) is 26.4 Å². The second-order valence-electron chi connectivity index (χ2n) is 7.14. The molecule has 1 saturated heterocycles. The van der Waals surface area contributed by atoms with E-state index >= 15 is 0 Å². The number of pyridine rings is 1. The van der Waals surface area contributed by atoms with Crippen LogP contribution in [0.1, 0.15) is 51.9 Å². The van der Waals surface area contributed by atoms with Gasteiger partial charge in [0.2, 0.25) is 0 Å². The van der Waals surface area contributed by atoms with Crippen LogP contribution in [0.2, 0.25) is 5.02 Å². The summed E-state index contributed by atoms with van der Waals surface area (Å²) < 4.78 is 10.5. The number of esters is 1. The molecule has 154 valence electrons. The summed E-state index contributed by atoms with van der Waals surface area (Å²) in [6, 6.07) is 10.9. The molecule has 29 heavy (non-hydrogen) atoms. The number of nitrogens with zero attached hydrogens (tertiary/aromatic N) is 1. The minimum atomic E-state index is -0.438. The summed E-state index contributed by atoms with van der Waals surface area (Å²) in [6.07, 6.45) is 1.59. The first-order valence-electron chi connectivity index (χ1n) is 9.72. The Bertz CT molecular complexity index is 894. The number of carbonyl (C=O) groups excluding carboxylic acids is 2. The highest BCUT2D eigenvalue weighted by Gasteiger charge is 2.35. The fraction of sp³-hybridized carbons (Fsp3) is 0.409. The van der Waals surface area contributed by atoms with Crippen molar-refractivity contribution in [1.29, 1.82) is 0 Å². The van der Waals surface area contributed by atoms with Crippen LogP contribution in [0.15, 0.2) is 36.4 Å². The van der Waals surface area contributed by atoms with Crippen LogP contribution < -0.4 is 5.32 Å². The molecule has 3 rings (SSSR count). The molecule has 0 aliphatic carbocycles. The maximum Gasteiger partial charge on any atom is 0.339 e. The summed E-state index contributed by atoms with van der Waals surface area (Å²) in [5.41, 5.74) is 1.95. The Morgan fingerprint density at radius 2 is 2.00 bits per heavy atom. The second kappa shape index (κ2) is 9.37. The number of rotatable bonds is 6. The van der Waals surface area contributed by atoms with Crippen molar-refractivity contribution in [1.82, 2.24) is 10.3 Å². The maximum atomic E-state index is 12.7. The van der Waals surface area contributed by atoms with E-state index < -0.39 is 5.97 Å². The highest BCUT2D eigenvalue weighted by molar-refractivity contribution is 6.30. The Labute approximate surface area is 175 Å². The number of carbonyl (C=O) groups is 2. The van der Waals surface area contributed by atoms with Crippen LogP contribution in [0.5, 0.6) is 0 Å². The summed E-state index contributed by atoms with van der Waals surface area (Å²) in [4.78, 5) is 29.0. The van der Waals surface area contributed by atoms with E-state index in [4.69, 9.17) is 21.1 Å². The van der Waals surface area contributed by atoms with Gasteiger partial charge in [-0.25, -0.2) is 9.78 Å². The van der Waals surface area contributed by atoms with E-state index in [1.807, 2.05) is 24.3 Å². The van der Waals surface area contributed by atoms with E-state index in [-0.39, 0.29) is 23.6 Å². The van der Waals surface area contributed by atoms with Gasteiger partial charge < -0.3 is 14.8 Å². The predicted molar refractivity (Wildman–Crippen MR) is 110 cm³/mol. The molecule has 1 amide bonds. The van der Waals surface area contributed by atoms with Gasteiger partial charge in [0.25, 0.3) is 5.91 Å². The topological polar surface area (TPSA) is 77.5 Å². The molecule has 1 aromatic heterocycles. The molecule has 1 aliphatic heterocycles. The SMILES string of the molecule is CCOC(=O)c1ccc(C(=O)NCC2(c3cccc(Cl)c3)CCOCC2)nc1C. The van der Waals surface area contributed by atoms with Gasteiger partial charge in [-0.15, -0.1) is 0 Å². The quantitative estimate of drug-likeness (QED) is 0.726. The Kier molecular flexibility index (Phi) is 6.87. The molecule has 0 radical (unpaired) electrons. The first kappa shape index (κ1) is 21.3. The van der Waals surface area contributed by atoms with Crippen LogP contribution in [0, 0.1) is 6.92 Å². The fourth-order valence-electron chi connectivity index (χ4n) is 3.60. The Hall–Kier alpha value is -2.44. The summed E-state index contributed by atoms with van der Waals surface area (Å²) in [5.74, 6) is -0.719. The molecule has 1 N–H and O–H groups in total. The van der Waals surface area contributed by atoms with Crippen molar-refractivity contribution in [3.8, 4) is 0 Å². The molecule has 0 bridgehead atoms. The van der Waals surface area contributed by atoms with E-state index in [1.54, 1.807) is 26.0 Å². The van der Waals surface area contributed by atoms with Crippen LogP contribution in [0.4, 0.5) is 0 Å². The summed E-state index contributed by atoms with van der Waals surface area (Å²) in [6.45, 7) is 5.44. The van der Waals surface area contributed by atoms with E-state index in [1.165, 1.54) is 0 Å². The van der Waals surface area contributed by atoms with Gasteiger partial charge >= 0.3 is 5.97 Å². The van der Waals surface area contributed by atoms with Gasteiger partial charge in [-0.2, -0.15) is 0 Å². The summed E-state index contributed by atoms with van der Waals surface area (Å²) in [7, 11) is 0. The number of aromatic nitrogens is 1. The van der Waals surface area contributed by atoms with Crippen LogP contribution in [-0.2, 0) is 14.9 Å². The van der Waals surface area contributed by atoms with E-state index in [0.29, 0.717) is 36.0 Å². The summed E-state index contributed by atoms with van der Waals surface area (Å²) in [5, 5.41) is 3.68. The van der Waals surface area contributed by atoms with Gasteiger partial charge in [-0.3, -0.25) is 4.79 Å². The lowest BCUT2D eigenvalue weighted by atomic mass is 9.74. The first-order chi connectivity index (χ1) is 13.9. The minimum absolute atomic E-state index is 0.237. The third kappa shape index (κ3) is 4.95. The molecule has 0 atom stereocenters. The zero-order valence-corrected chi connectivity index (χ0v) is 17.4. The molecule has 1 aromatic carbocycles. The van der Waals surface area contributed by atoms with Gasteiger partial charge in [0.15, 0.2) is 0 Å². The molecule has 2 heterocycles. The van der Waals surface area contributed by atoms with Crippen molar-refractivity contribution >= 4 is 23.5 Å². The third-order valence-corrected chi connectivity index (χ3v) is 5.52. The lowest BCUT2D eigenvalue weighted by Gasteiger charge is -2.38. The molecule has 0 spiro atoms. The number of hydrogen-bond donors (Lipinski definition) is 1. The second-order valence-corrected chi connectivity index (χ2v) is 7.57. The molecule has 2 aromatic rings. The molecule has 0 unspecified atom stereocenters. The number of amides is 1. The van der Waals surface area contributed by atoms with E-state index in [0.717, 1.165) is 18.4 Å². The zero-order chi connectivity index (χ0) is 20.9. The monoisotopic (exact) mass is 416 g/mol. The molecule has 1 aliphatic rings. The Balaban J connectivity index is 1.75. The van der Waals surface area contributed by atoms with Crippen LogP contribution in [0.3, 0.4) is 0 Å². The maximum absolute atomic E-state index is 12.7. The van der Waals surface area contributed by atoms with Crippen molar-refractivity contribution in [3.05, 3.63) is 63.9 Å². The van der Waals surface area contributed by atoms with Crippen LogP contribution >= 0.6 is 11.6 Å². The Morgan fingerprint density at radius 1 is 1.24 bits per heavy atom. The molecule has 1 fully saturated rings. The van der Waals surface area contributed by atoms with Gasteiger partial charge in [-0.1, -0.05) is 23.7 Å². The fourth-order valence-corrected chi connectivity index (χ4v) is 3.79. The molecular weight excluding hydrogens is 392 g/mol. The average molecular weight is 417 g/mol. The number of nitrogens with one attached hydrogen (secondary N) is 1. The third-order valence-electron chi connectivity index (χ3n) is 5.29. The van der Waals surface area contributed by atoms with Crippen molar-refractivity contribution in [2.24, 2.45) is 0 Å². The van der Waals surface area contributed by atoms with Crippen molar-refractivity contribution < 1.29 is 19.1 Å². The largest absolute Gasteiger partial charge is 0.462 e. The highest BCUT2D eigenvalue weighted by Crippen LogP contribution is 2.35. The van der Waals surface area contributed by atoms with Gasteiger partial charge in [-0.05, 0) is 56.5 Å². The predicted octanol–water partition coefficient (Wildman–Crippen LogP) is 3.70. The number of ether oxygens (including phenoxy) is 2. The normalized spacial score (nSPS) is 15.6. The lowest BCUT2D eigenvalue weighted by molar-refractivity contribution is 0.0486. The smallest absolute Gasteiger partial charge is 0.339 e. The molecule has 6 nitrogen and oxygen atoms in total. The molecular formula is C22H25ClN2O4. The molecule has 7 heteroatoms. The van der Waals surface area contributed by atoms with E-state index in [9.17, 15) is 9.59 Å². The highest BCUT2D eigenvalue weighted by atomic mass is 35.5. The van der Waals surface area contributed by atoms with Gasteiger partial charge in [0.05, 0.1) is 17.9 Å². The van der Waals surface area contributed by atoms with Crippen LogP contribution in [0.25, 0.3) is 0 Å². The standard InChI is InChI=1S/C22H25ClN2O4/c1-3-29-21(27)18-7-8-19(25-15(18)2)20(26)24-14-22(9-11-28-12-10-22)16-5-4-6-17(23)13-16/h4-8,13H,3,9-12,14H2,1-2H3,(H,24,26). The van der Waals surface area contributed by atoms with Gasteiger partial charge in [0.1, 0.15) is 5.69 Å². The van der Waals surface area contributed by atoms with E-state index in [2.05, 4.69) is 10.3 Å². The van der Waals surface area contributed by atoms with Gasteiger partial charge in [0, 0.05) is 30.2 Å². The van der Waals surface area contributed by atoms with Crippen LogP contribution in [-0.4, -0.2) is 43.2 Å². The minimum Gasteiger partial charge on any atom is -0.462 e. The first-order valence-corrected chi connectivity index (χ1v) is 10.1. The number of halogens is 1. The van der Waals surface area contributed by atoms with Crippen molar-refractivity contribution in [3.63, 3.8) is 0 Å².